The molecule has 0 saturated heterocycles. The first-order valence-electron chi connectivity index (χ1n) is 21.4. The normalized spacial score (nSPS) is 9.60. The van der Waals surface area contributed by atoms with Gasteiger partial charge in [0.25, 0.3) is 12.2 Å². The molecule has 0 unspecified atom stereocenters. The Hall–Kier alpha value is -8.65. The van der Waals surface area contributed by atoms with Crippen molar-refractivity contribution in [2.45, 2.75) is 92.1 Å². The van der Waals surface area contributed by atoms with Crippen molar-refractivity contribution in [3.8, 4) is 0 Å². The predicted octanol–water partition coefficient (Wildman–Crippen LogP) is 10.6. The molecule has 0 aliphatic rings. The molecule has 23 nitrogen and oxygen atoms in total. The van der Waals surface area contributed by atoms with Crippen LogP contribution in [0, 0.1) is 28.4 Å². The minimum Gasteiger partial charge on any atom is -0.483 e. The van der Waals surface area contributed by atoms with Crippen LogP contribution in [0.3, 0.4) is 0 Å². The number of aliphatic carboxylic acids is 5. The van der Waals surface area contributed by atoms with Gasteiger partial charge in [0.1, 0.15) is 0 Å². The van der Waals surface area contributed by atoms with E-state index < -0.39 is 75.1 Å². The third-order valence-electron chi connectivity index (χ3n) is 7.51. The van der Waals surface area contributed by atoms with Crippen LogP contribution < -0.4 is 0 Å². The summed E-state index contributed by atoms with van der Waals surface area (Å²) < 4.78 is 31.7. The minimum absolute atomic E-state index is 0.0422. The quantitative estimate of drug-likeness (QED) is 0.0339. The lowest BCUT2D eigenvalue weighted by molar-refractivity contribution is -0.384. The van der Waals surface area contributed by atoms with E-state index in [1.165, 1.54) is 12.1 Å². The lowest BCUT2D eigenvalue weighted by Crippen LogP contribution is -2.21. The smallest absolute Gasteiger partial charge is 0.483 e. The third kappa shape index (κ3) is 49.6. The van der Waals surface area contributed by atoms with Crippen LogP contribution in [0.1, 0.15) is 121 Å². The van der Waals surface area contributed by atoms with Gasteiger partial charge >= 0.3 is 59.9 Å². The Bertz CT molecular complexity index is 2380. The number of non-ortho nitro benzene ring substituents is 1. The number of carbonyl (C=O) groups is 10. The molecule has 4 aromatic rings. The maximum Gasteiger partial charge on any atom is 0.490 e. The van der Waals surface area contributed by atoms with Crippen LogP contribution in [-0.4, -0.2) is 127 Å². The highest BCUT2D eigenvalue weighted by atomic mass is 35.5. The number of aromatic carboxylic acids is 4. The molecule has 78 heavy (non-hydrogen) atoms. The summed E-state index contributed by atoms with van der Waals surface area (Å²) in [5.41, 5.74) is 2.66. The van der Waals surface area contributed by atoms with Gasteiger partial charge in [0.05, 0.1) is 38.5 Å². The molecule has 0 aliphatic heterocycles. The topological polar surface area (TPSA) is 416 Å². The Morgan fingerprint density at radius 1 is 0.564 bits per heavy atom. The standard InChI is InChI=1S/C11H14O2.C8H8O2.C7H5NO4.C7H6O2.C5H10O2.C4H8O2.C3H6O2.C2H2Cl2O2.C2HF3O2.CH2O2/c1-11(2,3)9-6-4-8(5-7-9)10(12)13;1-6-2-4-7(5-3-6)8(9)10;9-7(10)5-1-3-6(4-2-5)8(11)12;8-7(9)6-4-2-1-3-5-6;1-5(2,3)4(6)7;1-3(2)4(5)6;1-2-3(4)5;3-1(4)2(5)6;3-2(4,5)1(6)7;2-1-3/h4-7H,1-3H3,(H,12,13);2-5H,1H3,(H,9,10);1-4H,(H,9,10);1-5H,(H,8,9);1-3H3,(H,6,7);3H,1-2H3,(H,5,6);2H2,1H3,(H,4,5);1H,(H,5,6);(H,6,7);1H,(H,2,3). The molecule has 0 saturated carbocycles. The first kappa shape index (κ1) is 80.7. The first-order chi connectivity index (χ1) is 35.4. The summed E-state index contributed by atoms with van der Waals surface area (Å²) in [7, 11) is 0. The maximum atomic E-state index is 10.6. The van der Waals surface area contributed by atoms with Gasteiger partial charge in [-0.05, 0) is 87.2 Å². The molecule has 0 fully saturated rings. The second-order valence-corrected chi connectivity index (χ2v) is 17.5. The molecular formula is C50H62Cl2F3NO22. The maximum absolute atomic E-state index is 10.6. The van der Waals surface area contributed by atoms with Crippen LogP contribution in [0.5, 0.6) is 0 Å². The van der Waals surface area contributed by atoms with Crippen LogP contribution in [0.4, 0.5) is 18.9 Å². The zero-order valence-corrected chi connectivity index (χ0v) is 45.0. The Kier molecular flexibility index (Phi) is 44.0. The fourth-order valence-corrected chi connectivity index (χ4v) is 3.12. The largest absolute Gasteiger partial charge is 0.490 e. The number of benzene rings is 4. The average Bonchev–Trinajstić information content (AvgIpc) is 3.33. The molecule has 0 atom stereocenters. The van der Waals surface area contributed by atoms with Gasteiger partial charge in [-0.15, -0.1) is 0 Å². The van der Waals surface area contributed by atoms with Gasteiger partial charge in [0.15, 0.2) is 0 Å². The SMILES string of the molecule is CC(C)(C)C(=O)O.CC(C)(C)c1ccc(C(=O)O)cc1.CC(C)C(=O)O.CCC(=O)O.Cc1ccc(C(=O)O)cc1.O=C(O)C(Cl)Cl.O=C(O)C(F)(F)F.O=C(O)c1ccc([N+](=O)[O-])cc1.O=C(O)c1ccccc1.O=CO. The summed E-state index contributed by atoms with van der Waals surface area (Å²) in [6.45, 7) is 17.8. The summed E-state index contributed by atoms with van der Waals surface area (Å²) in [5, 5.41) is 89.8. The van der Waals surface area contributed by atoms with E-state index in [0.29, 0.717) is 16.7 Å². The lowest BCUT2D eigenvalue weighted by Gasteiger charge is -2.18. The van der Waals surface area contributed by atoms with E-state index in [2.05, 4.69) is 20.8 Å². The van der Waals surface area contributed by atoms with Gasteiger partial charge in [-0.1, -0.05) is 113 Å². The van der Waals surface area contributed by atoms with Crippen molar-refractivity contribution in [2.75, 3.05) is 0 Å². The van der Waals surface area contributed by atoms with Crippen molar-refractivity contribution in [3.05, 3.63) is 147 Å². The molecule has 0 bridgehead atoms. The van der Waals surface area contributed by atoms with E-state index >= 15 is 0 Å². The van der Waals surface area contributed by atoms with Gasteiger partial charge in [0, 0.05) is 18.6 Å². The van der Waals surface area contributed by atoms with Gasteiger partial charge in [-0.3, -0.25) is 29.3 Å². The zero-order valence-electron chi connectivity index (χ0n) is 43.5. The van der Waals surface area contributed by atoms with E-state index in [1.54, 1.807) is 108 Å². The fraction of sp³-hybridized carbons (Fsp3) is 0.320. The molecule has 0 amide bonds. The first-order valence-corrected chi connectivity index (χ1v) is 22.2. The number of nitro benzene ring substituents is 1. The monoisotopic (exact) mass is 1160 g/mol. The number of hydrogen-bond donors (Lipinski definition) is 10. The molecule has 0 spiro atoms. The van der Waals surface area contributed by atoms with Crippen LogP contribution in [-0.2, 0) is 34.2 Å². The predicted molar refractivity (Wildman–Crippen MR) is 277 cm³/mol. The van der Waals surface area contributed by atoms with Crippen molar-refractivity contribution in [3.63, 3.8) is 0 Å². The van der Waals surface area contributed by atoms with Crippen LogP contribution in [0.2, 0.25) is 0 Å². The van der Waals surface area contributed by atoms with E-state index in [1.807, 2.05) is 19.1 Å². The van der Waals surface area contributed by atoms with Gasteiger partial charge in [-0.25, -0.2) is 28.8 Å². The number of nitro groups is 1. The summed E-state index contributed by atoms with van der Waals surface area (Å²) in [5.74, 6) is -10.2. The Morgan fingerprint density at radius 3 is 0.974 bits per heavy atom. The summed E-state index contributed by atoms with van der Waals surface area (Å²) in [6.07, 6.45) is -4.86. The summed E-state index contributed by atoms with van der Waals surface area (Å²) >= 11 is 9.56. The van der Waals surface area contributed by atoms with Gasteiger partial charge in [-0.2, -0.15) is 13.2 Å². The molecule has 4 rings (SSSR count). The molecule has 0 radical (unpaired) electrons. The Labute approximate surface area is 454 Å². The van der Waals surface area contributed by atoms with Crippen molar-refractivity contribution >= 4 is 89.1 Å². The number of carboxylic acids is 9. The molecular weight excluding hydrogens is 1090 g/mol. The Balaban J connectivity index is -0.000000189. The summed E-state index contributed by atoms with van der Waals surface area (Å²) in [6, 6.07) is 26.8. The summed E-state index contributed by atoms with van der Waals surface area (Å²) in [4.78, 5) is 105. The molecule has 10 N–H and O–H groups in total. The van der Waals surface area contributed by atoms with E-state index in [-0.39, 0.29) is 35.5 Å². The molecule has 0 aliphatic carbocycles. The third-order valence-corrected chi connectivity index (χ3v) is 7.88. The van der Waals surface area contributed by atoms with Gasteiger partial charge in [0.2, 0.25) is 4.84 Å². The number of carboxylic acid groups (broad SMARTS) is 10. The van der Waals surface area contributed by atoms with Crippen molar-refractivity contribution in [1.29, 1.82) is 0 Å². The van der Waals surface area contributed by atoms with Gasteiger partial charge < -0.3 is 51.1 Å². The molecule has 4 aromatic carbocycles. The van der Waals surface area contributed by atoms with Crippen LogP contribution in [0.15, 0.2) is 103 Å². The van der Waals surface area contributed by atoms with E-state index in [0.717, 1.165) is 23.3 Å². The number of aryl methyl sites for hydroxylation is 1. The van der Waals surface area contributed by atoms with Crippen molar-refractivity contribution in [2.24, 2.45) is 11.3 Å². The fourth-order valence-electron chi connectivity index (χ4n) is 3.12. The zero-order chi connectivity index (χ0) is 62.9. The molecule has 434 valence electrons. The number of halogens is 5. The second kappa shape index (κ2) is 42.6. The Morgan fingerprint density at radius 2 is 0.808 bits per heavy atom. The van der Waals surface area contributed by atoms with Crippen molar-refractivity contribution < 1.29 is 117 Å². The van der Waals surface area contributed by atoms with Crippen LogP contribution >= 0.6 is 23.2 Å². The number of alkyl halides is 5. The number of nitrogens with zero attached hydrogens (tertiary/aromatic N) is 1. The molecule has 28 heteroatoms. The lowest BCUT2D eigenvalue weighted by atomic mass is 9.87. The van der Waals surface area contributed by atoms with Crippen LogP contribution in [0.25, 0.3) is 0 Å². The number of hydrogen-bond acceptors (Lipinski definition) is 12. The molecule has 0 heterocycles. The van der Waals surface area contributed by atoms with E-state index in [4.69, 9.17) is 83.9 Å². The minimum atomic E-state index is -5.08. The highest BCUT2D eigenvalue weighted by Crippen LogP contribution is 2.22. The number of rotatable bonds is 8. The van der Waals surface area contributed by atoms with E-state index in [9.17, 15) is 61.6 Å². The van der Waals surface area contributed by atoms with Crippen molar-refractivity contribution in [1.82, 2.24) is 0 Å². The molecule has 0 aromatic heterocycles. The highest BCUT2D eigenvalue weighted by Gasteiger charge is 2.38. The average molecular weight is 1160 g/mol. The highest BCUT2D eigenvalue weighted by molar-refractivity contribution is 6.52. The second-order valence-electron chi connectivity index (χ2n) is 16.4.